The lowest BCUT2D eigenvalue weighted by molar-refractivity contribution is 0.136. The average molecular weight is 282 g/mol. The van der Waals surface area contributed by atoms with Gasteiger partial charge in [0.2, 0.25) is 0 Å². The maximum absolute atomic E-state index is 3.55. The van der Waals surface area contributed by atoms with Gasteiger partial charge in [0.1, 0.15) is 0 Å². The third kappa shape index (κ3) is 5.25. The van der Waals surface area contributed by atoms with Gasteiger partial charge in [0.25, 0.3) is 0 Å². The Bertz CT molecular complexity index is 346. The number of hydrogen-bond acceptors (Lipinski definition) is 3. The van der Waals surface area contributed by atoms with Crippen LogP contribution >= 0.6 is 11.3 Å². The summed E-state index contributed by atoms with van der Waals surface area (Å²) in [5.74, 6) is 0. The van der Waals surface area contributed by atoms with Gasteiger partial charge >= 0.3 is 0 Å². The SMILES string of the molecule is CCNC(C)C(C)(C)CN(C)C(C)Cc1cccs1. The topological polar surface area (TPSA) is 15.3 Å². The Morgan fingerprint density at radius 2 is 2.05 bits per heavy atom. The van der Waals surface area contributed by atoms with Crippen molar-refractivity contribution in [3.8, 4) is 0 Å². The van der Waals surface area contributed by atoms with Gasteiger partial charge in [-0.15, -0.1) is 11.3 Å². The second-order valence-corrected chi connectivity index (χ2v) is 7.35. The first-order valence-electron chi connectivity index (χ1n) is 7.32. The van der Waals surface area contributed by atoms with E-state index in [0.29, 0.717) is 12.1 Å². The average Bonchev–Trinajstić information content (AvgIpc) is 2.81. The van der Waals surface area contributed by atoms with Gasteiger partial charge in [-0.05, 0) is 50.7 Å². The highest BCUT2D eigenvalue weighted by Gasteiger charge is 2.28. The number of nitrogens with zero attached hydrogens (tertiary/aromatic N) is 1. The van der Waals surface area contributed by atoms with E-state index in [2.05, 4.69) is 69.4 Å². The molecule has 0 saturated heterocycles. The quantitative estimate of drug-likeness (QED) is 0.783. The van der Waals surface area contributed by atoms with Crippen molar-refractivity contribution in [2.75, 3.05) is 20.1 Å². The van der Waals surface area contributed by atoms with Crippen LogP contribution in [0.25, 0.3) is 0 Å². The first kappa shape index (κ1) is 16.7. The molecule has 0 fully saturated rings. The van der Waals surface area contributed by atoms with Gasteiger partial charge in [0, 0.05) is 23.5 Å². The first-order chi connectivity index (χ1) is 8.86. The number of likely N-dealkylation sites (N-methyl/N-ethyl adjacent to an activating group) is 1. The van der Waals surface area contributed by atoms with Gasteiger partial charge in [-0.1, -0.05) is 26.8 Å². The molecule has 0 aromatic carbocycles. The smallest absolute Gasteiger partial charge is 0.0112 e. The van der Waals surface area contributed by atoms with Crippen LogP contribution in [0.4, 0.5) is 0 Å². The molecule has 0 amide bonds. The standard InChI is InChI=1S/C16H30N2S/c1-7-17-14(3)16(4,5)12-18(6)13(2)11-15-9-8-10-19-15/h8-10,13-14,17H,7,11-12H2,1-6H3. The summed E-state index contributed by atoms with van der Waals surface area (Å²) < 4.78 is 0. The third-order valence-corrected chi connectivity index (χ3v) is 5.07. The summed E-state index contributed by atoms with van der Waals surface area (Å²) in [6.07, 6.45) is 1.15. The molecule has 1 aromatic rings. The number of thiophene rings is 1. The lowest BCUT2D eigenvalue weighted by Crippen LogP contribution is -2.48. The number of nitrogens with one attached hydrogen (secondary N) is 1. The van der Waals surface area contributed by atoms with Crippen LogP contribution in [-0.4, -0.2) is 37.1 Å². The zero-order chi connectivity index (χ0) is 14.5. The van der Waals surface area contributed by atoms with Gasteiger partial charge in [-0.3, -0.25) is 0 Å². The maximum Gasteiger partial charge on any atom is 0.0112 e. The predicted molar refractivity (Wildman–Crippen MR) is 87.0 cm³/mol. The molecule has 2 atom stereocenters. The predicted octanol–water partition coefficient (Wildman–Crippen LogP) is 3.64. The highest BCUT2D eigenvalue weighted by Crippen LogP contribution is 2.23. The second kappa shape index (κ2) is 7.41. The Morgan fingerprint density at radius 3 is 2.58 bits per heavy atom. The maximum atomic E-state index is 3.55. The Morgan fingerprint density at radius 1 is 1.37 bits per heavy atom. The molecule has 19 heavy (non-hydrogen) atoms. The van der Waals surface area contributed by atoms with E-state index < -0.39 is 0 Å². The summed E-state index contributed by atoms with van der Waals surface area (Å²) in [4.78, 5) is 3.98. The molecule has 0 aliphatic rings. The van der Waals surface area contributed by atoms with E-state index in [0.717, 1.165) is 19.5 Å². The number of hydrogen-bond donors (Lipinski definition) is 1. The zero-order valence-electron chi connectivity index (χ0n) is 13.4. The normalized spacial score (nSPS) is 15.7. The van der Waals surface area contributed by atoms with Crippen molar-refractivity contribution in [3.05, 3.63) is 22.4 Å². The van der Waals surface area contributed by atoms with E-state index in [9.17, 15) is 0 Å². The summed E-state index contributed by atoms with van der Waals surface area (Å²) in [5.41, 5.74) is 0.286. The monoisotopic (exact) mass is 282 g/mol. The molecule has 2 nitrogen and oxygen atoms in total. The van der Waals surface area contributed by atoms with Crippen LogP contribution in [0.5, 0.6) is 0 Å². The van der Waals surface area contributed by atoms with Crippen LogP contribution < -0.4 is 5.32 Å². The van der Waals surface area contributed by atoms with Crippen molar-refractivity contribution in [1.29, 1.82) is 0 Å². The summed E-state index contributed by atoms with van der Waals surface area (Å²) >= 11 is 1.86. The molecule has 1 aromatic heterocycles. The van der Waals surface area contributed by atoms with Crippen molar-refractivity contribution in [3.63, 3.8) is 0 Å². The lowest BCUT2D eigenvalue weighted by atomic mass is 9.84. The van der Waals surface area contributed by atoms with Crippen LogP contribution in [0.2, 0.25) is 0 Å². The molecule has 1 heterocycles. The van der Waals surface area contributed by atoms with E-state index in [4.69, 9.17) is 0 Å². The third-order valence-electron chi connectivity index (χ3n) is 4.17. The van der Waals surface area contributed by atoms with E-state index in [-0.39, 0.29) is 5.41 Å². The van der Waals surface area contributed by atoms with Crippen LogP contribution in [0.15, 0.2) is 17.5 Å². The van der Waals surface area contributed by atoms with Gasteiger partial charge < -0.3 is 10.2 Å². The minimum atomic E-state index is 0.286. The molecule has 0 bridgehead atoms. The molecule has 3 heteroatoms. The van der Waals surface area contributed by atoms with Gasteiger partial charge in [-0.25, -0.2) is 0 Å². The molecule has 0 radical (unpaired) electrons. The second-order valence-electron chi connectivity index (χ2n) is 6.32. The highest BCUT2D eigenvalue weighted by atomic mass is 32.1. The van der Waals surface area contributed by atoms with Crippen LogP contribution in [-0.2, 0) is 6.42 Å². The minimum Gasteiger partial charge on any atom is -0.314 e. The molecule has 0 saturated carbocycles. The molecular formula is C16H30N2S. The molecule has 0 spiro atoms. The van der Waals surface area contributed by atoms with Gasteiger partial charge in [0.05, 0.1) is 0 Å². The van der Waals surface area contributed by atoms with Crippen molar-refractivity contribution < 1.29 is 0 Å². The Hall–Kier alpha value is -0.380. The summed E-state index contributed by atoms with van der Waals surface area (Å²) in [6, 6.07) is 5.51. The van der Waals surface area contributed by atoms with Gasteiger partial charge in [-0.2, -0.15) is 0 Å². The lowest BCUT2D eigenvalue weighted by Gasteiger charge is -2.38. The van der Waals surface area contributed by atoms with Crippen LogP contribution in [0.3, 0.4) is 0 Å². The molecular weight excluding hydrogens is 252 g/mol. The first-order valence-corrected chi connectivity index (χ1v) is 8.20. The van der Waals surface area contributed by atoms with Crippen molar-refractivity contribution in [1.82, 2.24) is 10.2 Å². The van der Waals surface area contributed by atoms with E-state index in [1.807, 2.05) is 11.3 Å². The van der Waals surface area contributed by atoms with Crippen molar-refractivity contribution in [2.24, 2.45) is 5.41 Å². The molecule has 1 rings (SSSR count). The van der Waals surface area contributed by atoms with Crippen molar-refractivity contribution in [2.45, 2.75) is 53.1 Å². The van der Waals surface area contributed by atoms with Crippen LogP contribution in [0, 0.1) is 5.41 Å². The van der Waals surface area contributed by atoms with E-state index in [1.54, 1.807) is 0 Å². The molecule has 0 aliphatic heterocycles. The molecule has 2 unspecified atom stereocenters. The number of rotatable bonds is 8. The summed E-state index contributed by atoms with van der Waals surface area (Å²) in [5, 5.41) is 5.72. The minimum absolute atomic E-state index is 0.286. The van der Waals surface area contributed by atoms with E-state index in [1.165, 1.54) is 4.88 Å². The van der Waals surface area contributed by atoms with Crippen molar-refractivity contribution >= 4 is 11.3 Å². The molecule has 1 N–H and O–H groups in total. The fraction of sp³-hybridized carbons (Fsp3) is 0.750. The Labute approximate surface area is 123 Å². The molecule has 0 aliphatic carbocycles. The van der Waals surface area contributed by atoms with Gasteiger partial charge in [0.15, 0.2) is 0 Å². The van der Waals surface area contributed by atoms with E-state index >= 15 is 0 Å². The largest absolute Gasteiger partial charge is 0.314 e. The molecule has 110 valence electrons. The highest BCUT2D eigenvalue weighted by molar-refractivity contribution is 7.09. The summed E-state index contributed by atoms with van der Waals surface area (Å²) in [6.45, 7) is 13.7. The fourth-order valence-corrected chi connectivity index (χ4v) is 3.22. The van der Waals surface area contributed by atoms with Crippen LogP contribution in [0.1, 0.15) is 39.5 Å². The Kier molecular flexibility index (Phi) is 6.51. The fourth-order valence-electron chi connectivity index (χ4n) is 2.39. The Balaban J connectivity index is 2.50. The zero-order valence-corrected chi connectivity index (χ0v) is 14.2. The summed E-state index contributed by atoms with van der Waals surface area (Å²) in [7, 11) is 2.25.